The minimum atomic E-state index is 0.324. The Balaban J connectivity index is 1.91. The Bertz CT molecular complexity index is 356. The maximum atomic E-state index is 5.84. The lowest BCUT2D eigenvalue weighted by Crippen LogP contribution is -2.32. The summed E-state index contributed by atoms with van der Waals surface area (Å²) in [6, 6.07) is 0.362. The molecule has 1 saturated heterocycles. The van der Waals surface area contributed by atoms with E-state index in [0.29, 0.717) is 12.1 Å². The molecule has 1 aromatic rings. The minimum Gasteiger partial charge on any atom is -0.394 e. The third kappa shape index (κ3) is 1.38. The van der Waals surface area contributed by atoms with Crippen LogP contribution in [0.3, 0.4) is 0 Å². The molecule has 2 atom stereocenters. The highest BCUT2D eigenvalue weighted by Crippen LogP contribution is 2.34. The van der Waals surface area contributed by atoms with E-state index in [1.54, 1.807) is 6.20 Å². The van der Waals surface area contributed by atoms with Crippen molar-refractivity contribution in [3.05, 3.63) is 6.20 Å². The van der Waals surface area contributed by atoms with Gasteiger partial charge in [-0.1, -0.05) is 0 Å². The number of ether oxygens (including phenoxy) is 1. The van der Waals surface area contributed by atoms with E-state index in [4.69, 9.17) is 10.5 Å². The van der Waals surface area contributed by atoms with Crippen molar-refractivity contribution in [2.24, 2.45) is 0 Å². The van der Waals surface area contributed by atoms with Crippen molar-refractivity contribution in [2.45, 2.75) is 31.4 Å². The van der Waals surface area contributed by atoms with Gasteiger partial charge in [0.25, 0.3) is 0 Å². The van der Waals surface area contributed by atoms with Gasteiger partial charge in [0.2, 0.25) is 0 Å². The molecule has 82 valence electrons. The lowest BCUT2D eigenvalue weighted by Gasteiger charge is -2.29. The lowest BCUT2D eigenvalue weighted by molar-refractivity contribution is 0.0592. The van der Waals surface area contributed by atoms with Gasteiger partial charge in [0.05, 0.1) is 24.0 Å². The van der Waals surface area contributed by atoms with Gasteiger partial charge in [0.15, 0.2) is 0 Å². The Hall–Kier alpha value is -1.23. The van der Waals surface area contributed by atoms with Gasteiger partial charge in [-0.2, -0.15) is 5.10 Å². The fourth-order valence-corrected chi connectivity index (χ4v) is 2.52. The van der Waals surface area contributed by atoms with Gasteiger partial charge in [-0.25, -0.2) is 4.68 Å². The van der Waals surface area contributed by atoms with Crippen molar-refractivity contribution in [1.29, 1.82) is 0 Å². The Morgan fingerprint density at radius 1 is 1.53 bits per heavy atom. The molecule has 0 saturated carbocycles. The van der Waals surface area contributed by atoms with Gasteiger partial charge in [0.1, 0.15) is 5.82 Å². The molecule has 2 aliphatic rings. The monoisotopic (exact) mass is 208 g/mol. The smallest absolute Gasteiger partial charge is 0.148 e. The van der Waals surface area contributed by atoms with Gasteiger partial charge in [-0.3, -0.25) is 0 Å². The van der Waals surface area contributed by atoms with E-state index in [2.05, 4.69) is 10.4 Å². The van der Waals surface area contributed by atoms with Crippen molar-refractivity contribution < 1.29 is 4.74 Å². The van der Waals surface area contributed by atoms with Crippen LogP contribution in [-0.4, -0.2) is 29.0 Å². The fraction of sp³-hybridized carbons (Fsp3) is 0.700. The molecule has 1 fully saturated rings. The number of nitrogens with two attached hydrogens (primary N) is 1. The Kier molecular flexibility index (Phi) is 2.05. The zero-order valence-corrected chi connectivity index (χ0v) is 8.65. The number of hydrogen-bond donors (Lipinski definition) is 2. The first-order valence-corrected chi connectivity index (χ1v) is 5.55. The molecule has 2 aliphatic heterocycles. The molecule has 5 heteroatoms. The summed E-state index contributed by atoms with van der Waals surface area (Å²) in [5.74, 6) is 0.960. The molecule has 5 nitrogen and oxygen atoms in total. The number of nitrogens with one attached hydrogen (secondary N) is 1. The standard InChI is InChI=1S/C10H16N4O/c11-7-6-13-14-8(3-4-12-10(7)14)9-2-1-5-15-9/h6,8-9,12H,1-5,11H2. The average molecular weight is 208 g/mol. The molecule has 0 aromatic carbocycles. The number of hydrogen-bond acceptors (Lipinski definition) is 4. The molecule has 0 spiro atoms. The molecule has 3 rings (SSSR count). The second kappa shape index (κ2) is 3.41. The zero-order chi connectivity index (χ0) is 10.3. The number of aromatic nitrogens is 2. The van der Waals surface area contributed by atoms with Gasteiger partial charge in [-0.05, 0) is 19.3 Å². The van der Waals surface area contributed by atoms with Gasteiger partial charge in [0, 0.05) is 13.2 Å². The van der Waals surface area contributed by atoms with E-state index in [0.717, 1.165) is 37.5 Å². The van der Waals surface area contributed by atoms with Crippen LogP contribution in [0.15, 0.2) is 6.20 Å². The van der Waals surface area contributed by atoms with E-state index in [-0.39, 0.29) is 0 Å². The number of fused-ring (bicyclic) bond motifs is 1. The van der Waals surface area contributed by atoms with Crippen LogP contribution in [-0.2, 0) is 4.74 Å². The minimum absolute atomic E-state index is 0.324. The summed E-state index contributed by atoms with van der Waals surface area (Å²) in [5.41, 5.74) is 6.57. The number of anilines is 2. The van der Waals surface area contributed by atoms with Crippen molar-refractivity contribution in [1.82, 2.24) is 9.78 Å². The molecule has 3 N–H and O–H groups in total. The van der Waals surface area contributed by atoms with Gasteiger partial charge >= 0.3 is 0 Å². The molecular formula is C10H16N4O. The first-order valence-electron chi connectivity index (χ1n) is 5.55. The van der Waals surface area contributed by atoms with Crippen molar-refractivity contribution in [3.8, 4) is 0 Å². The van der Waals surface area contributed by atoms with E-state index < -0.39 is 0 Å². The number of nitrogens with zero attached hydrogens (tertiary/aromatic N) is 2. The lowest BCUT2D eigenvalue weighted by atomic mass is 10.0. The van der Waals surface area contributed by atoms with E-state index >= 15 is 0 Å². The maximum Gasteiger partial charge on any atom is 0.148 e. The molecule has 15 heavy (non-hydrogen) atoms. The van der Waals surface area contributed by atoms with Crippen LogP contribution in [0.1, 0.15) is 25.3 Å². The molecular weight excluding hydrogens is 192 g/mol. The quantitative estimate of drug-likeness (QED) is 0.722. The Labute approximate surface area is 88.6 Å². The maximum absolute atomic E-state index is 5.84. The van der Waals surface area contributed by atoms with Crippen LogP contribution in [0.25, 0.3) is 0 Å². The van der Waals surface area contributed by atoms with Crippen LogP contribution in [0, 0.1) is 0 Å². The van der Waals surface area contributed by atoms with Crippen LogP contribution in [0.5, 0.6) is 0 Å². The number of rotatable bonds is 1. The SMILES string of the molecule is Nc1cnn2c1NCCC2C1CCCO1. The molecule has 0 aliphatic carbocycles. The second-order valence-electron chi connectivity index (χ2n) is 4.23. The van der Waals surface area contributed by atoms with Gasteiger partial charge < -0.3 is 15.8 Å². The summed E-state index contributed by atoms with van der Waals surface area (Å²) in [4.78, 5) is 0. The van der Waals surface area contributed by atoms with Gasteiger partial charge in [-0.15, -0.1) is 0 Å². The zero-order valence-electron chi connectivity index (χ0n) is 8.65. The Morgan fingerprint density at radius 2 is 2.47 bits per heavy atom. The molecule has 0 radical (unpaired) electrons. The third-order valence-corrected chi connectivity index (χ3v) is 3.26. The first-order chi connectivity index (χ1) is 7.36. The highest BCUT2D eigenvalue weighted by molar-refractivity contribution is 5.61. The van der Waals surface area contributed by atoms with Crippen molar-refractivity contribution in [3.63, 3.8) is 0 Å². The highest BCUT2D eigenvalue weighted by Gasteiger charge is 2.32. The second-order valence-corrected chi connectivity index (χ2v) is 4.23. The summed E-state index contributed by atoms with van der Waals surface area (Å²) in [5, 5.41) is 7.62. The predicted octanol–water partition coefficient (Wildman–Crippen LogP) is 1.00. The van der Waals surface area contributed by atoms with E-state index in [1.807, 2.05) is 4.68 Å². The first kappa shape index (κ1) is 9.03. The van der Waals surface area contributed by atoms with Crippen molar-refractivity contribution >= 4 is 11.5 Å². The van der Waals surface area contributed by atoms with Crippen molar-refractivity contribution in [2.75, 3.05) is 24.2 Å². The topological polar surface area (TPSA) is 65.1 Å². The summed E-state index contributed by atoms with van der Waals surface area (Å²) < 4.78 is 7.72. The molecule has 0 amide bonds. The summed E-state index contributed by atoms with van der Waals surface area (Å²) >= 11 is 0. The summed E-state index contributed by atoms with van der Waals surface area (Å²) in [6.45, 7) is 1.85. The van der Waals surface area contributed by atoms with Crippen LogP contribution in [0.4, 0.5) is 11.5 Å². The Morgan fingerprint density at radius 3 is 3.27 bits per heavy atom. The largest absolute Gasteiger partial charge is 0.394 e. The summed E-state index contributed by atoms with van der Waals surface area (Å²) in [7, 11) is 0. The van der Waals surface area contributed by atoms with E-state index in [9.17, 15) is 0 Å². The van der Waals surface area contributed by atoms with E-state index in [1.165, 1.54) is 6.42 Å². The summed E-state index contributed by atoms with van der Waals surface area (Å²) in [6.07, 6.45) is 5.42. The molecule has 2 unspecified atom stereocenters. The van der Waals surface area contributed by atoms with Crippen LogP contribution < -0.4 is 11.1 Å². The third-order valence-electron chi connectivity index (χ3n) is 3.26. The molecule has 3 heterocycles. The molecule has 0 bridgehead atoms. The average Bonchev–Trinajstić information content (AvgIpc) is 2.88. The fourth-order valence-electron chi connectivity index (χ4n) is 2.52. The van der Waals surface area contributed by atoms with Crippen LogP contribution >= 0.6 is 0 Å². The molecule has 1 aromatic heterocycles. The van der Waals surface area contributed by atoms with Crippen LogP contribution in [0.2, 0.25) is 0 Å². The normalized spacial score (nSPS) is 29.9. The number of nitrogen functional groups attached to an aromatic ring is 1. The predicted molar refractivity (Wildman–Crippen MR) is 57.8 cm³/mol. The highest BCUT2D eigenvalue weighted by atomic mass is 16.5.